The van der Waals surface area contributed by atoms with Gasteiger partial charge in [0.25, 0.3) is 0 Å². The van der Waals surface area contributed by atoms with E-state index in [1.807, 2.05) is 0 Å². The van der Waals surface area contributed by atoms with Crippen LogP contribution >= 0.6 is 23.5 Å². The Morgan fingerprint density at radius 3 is 1.50 bits per heavy atom. The van der Waals surface area contributed by atoms with Gasteiger partial charge in [-0.3, -0.25) is 9.59 Å². The van der Waals surface area contributed by atoms with E-state index < -0.39 is 24.0 Å². The van der Waals surface area contributed by atoms with E-state index in [2.05, 4.69) is 0 Å². The van der Waals surface area contributed by atoms with E-state index in [1.165, 1.54) is 23.5 Å². The number of nitrogens with two attached hydrogens (primary N) is 2. The van der Waals surface area contributed by atoms with Crippen LogP contribution in [0.3, 0.4) is 0 Å². The maximum absolute atomic E-state index is 10.4. The van der Waals surface area contributed by atoms with Gasteiger partial charge in [-0.25, -0.2) is 0 Å². The molecule has 6 N–H and O–H groups in total. The summed E-state index contributed by atoms with van der Waals surface area (Å²) in [5.41, 5.74) is 10.7. The number of hydrogen-bond donors (Lipinski definition) is 4. The fraction of sp³-hybridized carbons (Fsp3) is 0.800. The number of carboxylic acids is 2. The van der Waals surface area contributed by atoms with Crippen molar-refractivity contribution in [2.24, 2.45) is 11.5 Å². The Labute approximate surface area is 115 Å². The Morgan fingerprint density at radius 2 is 1.22 bits per heavy atom. The molecule has 8 heteroatoms. The molecule has 0 aromatic rings. The second kappa shape index (κ2) is 10.5. The summed E-state index contributed by atoms with van der Waals surface area (Å²) in [6, 6.07) is -1.59. The number of hydrogen-bond acceptors (Lipinski definition) is 6. The van der Waals surface area contributed by atoms with Crippen molar-refractivity contribution in [1.29, 1.82) is 0 Å². The van der Waals surface area contributed by atoms with Crippen LogP contribution in [0.25, 0.3) is 0 Å². The van der Waals surface area contributed by atoms with Crippen LogP contribution in [0.5, 0.6) is 0 Å². The summed E-state index contributed by atoms with van der Waals surface area (Å²) in [6.07, 6.45) is 1.93. The molecule has 0 rings (SSSR count). The van der Waals surface area contributed by atoms with Gasteiger partial charge >= 0.3 is 11.9 Å². The molecule has 0 bridgehead atoms. The standard InChI is InChI=1S/C10H20N2O4S2/c11-7(9(13)14)5-17-3-1-2-4-18-6-8(12)10(15)16/h7-8H,1-6,11-12H2,(H,13,14)(H,15,16)/t7-,8-/m0/s1. The average molecular weight is 296 g/mol. The topological polar surface area (TPSA) is 127 Å². The Hall–Kier alpha value is -0.440. The number of carboxylic acid groups (broad SMARTS) is 2. The summed E-state index contributed by atoms with van der Waals surface area (Å²) >= 11 is 3.05. The lowest BCUT2D eigenvalue weighted by molar-refractivity contribution is -0.138. The van der Waals surface area contributed by atoms with E-state index in [0.717, 1.165) is 24.3 Å². The molecule has 0 aliphatic heterocycles. The number of thioether (sulfide) groups is 2. The second-order valence-corrected chi connectivity index (χ2v) is 6.05. The van der Waals surface area contributed by atoms with Gasteiger partial charge in [0, 0.05) is 11.5 Å². The maximum atomic E-state index is 10.4. The molecular weight excluding hydrogens is 276 g/mol. The molecule has 0 unspecified atom stereocenters. The van der Waals surface area contributed by atoms with E-state index in [4.69, 9.17) is 21.7 Å². The molecule has 106 valence electrons. The highest BCUT2D eigenvalue weighted by molar-refractivity contribution is 7.99. The molecule has 0 amide bonds. The third-order valence-electron chi connectivity index (χ3n) is 2.06. The monoisotopic (exact) mass is 296 g/mol. The number of rotatable bonds is 11. The van der Waals surface area contributed by atoms with Crippen LogP contribution in [0.2, 0.25) is 0 Å². The molecule has 0 spiro atoms. The third-order valence-corrected chi connectivity index (χ3v) is 4.40. The normalized spacial score (nSPS) is 14.1. The smallest absolute Gasteiger partial charge is 0.321 e. The summed E-state index contributed by atoms with van der Waals surface area (Å²) in [7, 11) is 0. The van der Waals surface area contributed by atoms with Gasteiger partial charge < -0.3 is 21.7 Å². The van der Waals surface area contributed by atoms with Crippen molar-refractivity contribution in [2.75, 3.05) is 23.0 Å². The molecule has 0 fully saturated rings. The molecule has 0 radical (unpaired) electrons. The molecule has 0 aliphatic carbocycles. The molecule has 0 aromatic carbocycles. The predicted octanol–water partition coefficient (Wildman–Crippen LogP) is 0.0568. The summed E-state index contributed by atoms with van der Waals surface area (Å²) in [4.78, 5) is 20.8. The number of unbranched alkanes of at least 4 members (excludes halogenated alkanes) is 1. The van der Waals surface area contributed by atoms with Gasteiger partial charge in [-0.15, -0.1) is 0 Å². The van der Waals surface area contributed by atoms with Crippen molar-refractivity contribution in [3.8, 4) is 0 Å². The van der Waals surface area contributed by atoms with Crippen molar-refractivity contribution in [3.63, 3.8) is 0 Å². The van der Waals surface area contributed by atoms with E-state index in [-0.39, 0.29) is 0 Å². The molecule has 0 saturated heterocycles. The number of aliphatic carboxylic acids is 2. The van der Waals surface area contributed by atoms with Crippen molar-refractivity contribution in [3.05, 3.63) is 0 Å². The van der Waals surface area contributed by atoms with E-state index in [9.17, 15) is 9.59 Å². The van der Waals surface area contributed by atoms with E-state index in [0.29, 0.717) is 11.5 Å². The van der Waals surface area contributed by atoms with Crippen LogP contribution in [0.1, 0.15) is 12.8 Å². The lowest BCUT2D eigenvalue weighted by atomic mass is 10.4. The Balaban J connectivity index is 3.26. The average Bonchev–Trinajstić information content (AvgIpc) is 2.31. The maximum Gasteiger partial charge on any atom is 0.321 e. The first-order valence-corrected chi connectivity index (χ1v) is 7.88. The quantitative estimate of drug-likeness (QED) is 0.394. The van der Waals surface area contributed by atoms with Gasteiger partial charge in [-0.1, -0.05) is 0 Å². The molecule has 0 aliphatic rings. The minimum atomic E-state index is -0.972. The summed E-state index contributed by atoms with van der Waals surface area (Å²) in [5.74, 6) is 0.638. The number of carbonyl (C=O) groups is 2. The first-order chi connectivity index (χ1) is 8.45. The summed E-state index contributed by atoms with van der Waals surface area (Å²) in [5, 5.41) is 17.1. The van der Waals surface area contributed by atoms with E-state index >= 15 is 0 Å². The van der Waals surface area contributed by atoms with Crippen LogP contribution in [-0.2, 0) is 9.59 Å². The minimum absolute atomic E-state index is 0.423. The van der Waals surface area contributed by atoms with Crippen LogP contribution in [0, 0.1) is 0 Å². The van der Waals surface area contributed by atoms with Gasteiger partial charge in [0.1, 0.15) is 12.1 Å². The molecule has 6 nitrogen and oxygen atoms in total. The Morgan fingerprint density at radius 1 is 0.889 bits per heavy atom. The fourth-order valence-corrected chi connectivity index (χ4v) is 2.91. The molecule has 0 saturated carbocycles. The zero-order valence-corrected chi connectivity index (χ0v) is 11.7. The summed E-state index contributed by atoms with van der Waals surface area (Å²) in [6.45, 7) is 0. The first-order valence-electron chi connectivity index (χ1n) is 5.57. The van der Waals surface area contributed by atoms with Crippen LogP contribution in [0.4, 0.5) is 0 Å². The van der Waals surface area contributed by atoms with Gasteiger partial charge in [-0.2, -0.15) is 23.5 Å². The second-order valence-electron chi connectivity index (χ2n) is 3.75. The molecule has 0 heterocycles. The molecule has 0 aromatic heterocycles. The van der Waals surface area contributed by atoms with Crippen LogP contribution in [-0.4, -0.2) is 57.2 Å². The minimum Gasteiger partial charge on any atom is -0.480 e. The zero-order chi connectivity index (χ0) is 14.0. The van der Waals surface area contributed by atoms with Gasteiger partial charge in [-0.05, 0) is 24.3 Å². The molecule has 18 heavy (non-hydrogen) atoms. The molecule has 2 atom stereocenters. The Kier molecular flexibility index (Phi) is 10.2. The SMILES string of the molecule is N[C@@H](CSCCCCSC[C@H](N)C(=O)O)C(=O)O. The lowest BCUT2D eigenvalue weighted by Gasteiger charge is -2.07. The van der Waals surface area contributed by atoms with Crippen LogP contribution in [0.15, 0.2) is 0 Å². The van der Waals surface area contributed by atoms with Gasteiger partial charge in [0.2, 0.25) is 0 Å². The first kappa shape index (κ1) is 17.6. The van der Waals surface area contributed by atoms with Crippen LogP contribution < -0.4 is 11.5 Å². The van der Waals surface area contributed by atoms with E-state index in [1.54, 1.807) is 0 Å². The molecular formula is C10H20N2O4S2. The van der Waals surface area contributed by atoms with Crippen molar-refractivity contribution >= 4 is 35.5 Å². The largest absolute Gasteiger partial charge is 0.480 e. The highest BCUT2D eigenvalue weighted by Crippen LogP contribution is 2.10. The predicted molar refractivity (Wildman–Crippen MR) is 75.1 cm³/mol. The van der Waals surface area contributed by atoms with Gasteiger partial charge in [0.05, 0.1) is 0 Å². The van der Waals surface area contributed by atoms with Crippen molar-refractivity contribution < 1.29 is 19.8 Å². The highest BCUT2D eigenvalue weighted by Gasteiger charge is 2.11. The lowest BCUT2D eigenvalue weighted by Crippen LogP contribution is -2.32. The fourth-order valence-electron chi connectivity index (χ4n) is 0.971. The highest BCUT2D eigenvalue weighted by atomic mass is 32.2. The zero-order valence-electron chi connectivity index (χ0n) is 10.1. The Bertz CT molecular complexity index is 240. The summed E-state index contributed by atoms with van der Waals surface area (Å²) < 4.78 is 0. The van der Waals surface area contributed by atoms with Crippen molar-refractivity contribution in [2.45, 2.75) is 24.9 Å². The van der Waals surface area contributed by atoms with Crippen molar-refractivity contribution in [1.82, 2.24) is 0 Å². The third kappa shape index (κ3) is 9.58. The van der Waals surface area contributed by atoms with Gasteiger partial charge in [0.15, 0.2) is 0 Å².